The molecule has 2 N–H and O–H groups in total. The number of anilines is 2. The van der Waals surface area contributed by atoms with Crippen LogP contribution >= 0.6 is 11.6 Å². The Morgan fingerprint density at radius 1 is 1.13 bits per heavy atom. The van der Waals surface area contributed by atoms with E-state index in [0.29, 0.717) is 33.5 Å². The van der Waals surface area contributed by atoms with Gasteiger partial charge in [-0.15, -0.1) is 0 Å². The molecule has 0 saturated carbocycles. The van der Waals surface area contributed by atoms with Crippen molar-refractivity contribution in [2.24, 2.45) is 0 Å². The smallest absolute Gasteiger partial charge is 0.163 e. The van der Waals surface area contributed by atoms with Crippen LogP contribution in [0.3, 0.4) is 0 Å². The van der Waals surface area contributed by atoms with E-state index < -0.39 is 5.82 Å². The number of benzene rings is 1. The highest BCUT2D eigenvalue weighted by Crippen LogP contribution is 2.28. The van der Waals surface area contributed by atoms with Gasteiger partial charge < -0.3 is 10.2 Å². The lowest BCUT2D eigenvalue weighted by Crippen LogP contribution is -2.22. The molecule has 1 aliphatic heterocycles. The molecule has 7 nitrogen and oxygen atoms in total. The number of nitrogens with one attached hydrogen (secondary N) is 2. The van der Waals surface area contributed by atoms with Gasteiger partial charge in [0, 0.05) is 30.3 Å². The van der Waals surface area contributed by atoms with Gasteiger partial charge in [-0.1, -0.05) is 23.7 Å². The van der Waals surface area contributed by atoms with Crippen LogP contribution in [0, 0.1) is 5.82 Å². The van der Waals surface area contributed by atoms with Crippen LogP contribution in [0.2, 0.25) is 5.02 Å². The predicted octanol–water partition coefficient (Wildman–Crippen LogP) is 4.59. The maximum Gasteiger partial charge on any atom is 0.163 e. The summed E-state index contributed by atoms with van der Waals surface area (Å²) in [5, 5.41) is 11.4. The topological polar surface area (TPSA) is 82.6 Å². The van der Waals surface area contributed by atoms with Crippen LogP contribution in [-0.2, 0) is 6.42 Å². The van der Waals surface area contributed by atoms with Gasteiger partial charge in [-0.3, -0.25) is 5.10 Å². The Hall–Kier alpha value is -3.10. The number of halogens is 2. The number of aromatic amines is 1. The first-order valence-electron chi connectivity index (χ1n) is 10.3. The van der Waals surface area contributed by atoms with Gasteiger partial charge in [0.1, 0.15) is 11.6 Å². The van der Waals surface area contributed by atoms with Crippen LogP contribution < -0.4 is 5.32 Å². The highest BCUT2D eigenvalue weighted by atomic mass is 35.5. The van der Waals surface area contributed by atoms with E-state index in [2.05, 4.69) is 30.4 Å². The SMILES string of the molecule is Fc1cnc2[nH]nc(Nc3cc(CCN4CCCC4)nc(-c4ccccc4Cl)n3)c2c1. The molecule has 0 aliphatic carbocycles. The molecule has 158 valence electrons. The standard InChI is InChI=1S/C22H21ClFN7/c23-18-6-2-1-5-16(18)21-26-15(7-10-31-8-3-4-9-31)12-19(27-21)28-22-17-11-14(24)13-25-20(17)29-30-22/h1-2,5-6,11-13H,3-4,7-10H2,(H2,25,26,27,28,29,30). The van der Waals surface area contributed by atoms with Crippen molar-refractivity contribution in [1.82, 2.24) is 30.0 Å². The van der Waals surface area contributed by atoms with Crippen molar-refractivity contribution in [3.8, 4) is 11.4 Å². The number of nitrogens with zero attached hydrogens (tertiary/aromatic N) is 5. The monoisotopic (exact) mass is 437 g/mol. The summed E-state index contributed by atoms with van der Waals surface area (Å²) in [6.07, 6.45) is 4.45. The number of rotatable bonds is 6. The van der Waals surface area contributed by atoms with Gasteiger partial charge in [0.05, 0.1) is 16.6 Å². The molecule has 4 heterocycles. The van der Waals surface area contributed by atoms with Crippen molar-refractivity contribution in [3.05, 3.63) is 59.1 Å². The molecule has 0 amide bonds. The Bertz CT molecular complexity index is 1220. The fourth-order valence-electron chi connectivity index (χ4n) is 3.83. The summed E-state index contributed by atoms with van der Waals surface area (Å²) < 4.78 is 13.7. The van der Waals surface area contributed by atoms with Gasteiger partial charge in [0.2, 0.25) is 0 Å². The molecule has 0 spiro atoms. The molecule has 0 radical (unpaired) electrons. The van der Waals surface area contributed by atoms with Gasteiger partial charge >= 0.3 is 0 Å². The fraction of sp³-hybridized carbons (Fsp3) is 0.273. The predicted molar refractivity (Wildman–Crippen MR) is 119 cm³/mol. The minimum atomic E-state index is -0.428. The minimum Gasteiger partial charge on any atom is -0.323 e. The second-order valence-corrected chi connectivity index (χ2v) is 8.00. The third kappa shape index (κ3) is 4.35. The number of fused-ring (bicyclic) bond motifs is 1. The Morgan fingerprint density at radius 3 is 2.81 bits per heavy atom. The molecule has 0 atom stereocenters. The lowest BCUT2D eigenvalue weighted by molar-refractivity contribution is 0.342. The normalized spacial score (nSPS) is 14.4. The largest absolute Gasteiger partial charge is 0.323 e. The van der Waals surface area contributed by atoms with E-state index >= 15 is 0 Å². The molecule has 1 saturated heterocycles. The van der Waals surface area contributed by atoms with Crippen molar-refractivity contribution >= 4 is 34.3 Å². The summed E-state index contributed by atoms with van der Waals surface area (Å²) in [5.41, 5.74) is 2.16. The van der Waals surface area contributed by atoms with E-state index in [1.54, 1.807) is 0 Å². The zero-order valence-corrected chi connectivity index (χ0v) is 17.5. The van der Waals surface area contributed by atoms with Crippen molar-refractivity contribution in [2.75, 3.05) is 25.0 Å². The second kappa shape index (κ2) is 8.56. The highest BCUT2D eigenvalue weighted by Gasteiger charge is 2.15. The maximum absolute atomic E-state index is 13.7. The summed E-state index contributed by atoms with van der Waals surface area (Å²) in [5.74, 6) is 1.13. The lowest BCUT2D eigenvalue weighted by atomic mass is 10.2. The van der Waals surface area contributed by atoms with Gasteiger partial charge in [-0.2, -0.15) is 5.10 Å². The summed E-state index contributed by atoms with van der Waals surface area (Å²) >= 11 is 6.41. The lowest BCUT2D eigenvalue weighted by Gasteiger charge is -2.15. The third-order valence-corrected chi connectivity index (χ3v) is 5.74. The average Bonchev–Trinajstić information content (AvgIpc) is 3.43. The number of likely N-dealkylation sites (tertiary alicyclic amines) is 1. The van der Waals surface area contributed by atoms with Crippen LogP contribution in [0.5, 0.6) is 0 Å². The Balaban J connectivity index is 1.50. The van der Waals surface area contributed by atoms with Gasteiger partial charge in [-0.05, 0) is 44.1 Å². The highest BCUT2D eigenvalue weighted by molar-refractivity contribution is 6.33. The third-order valence-electron chi connectivity index (χ3n) is 5.41. The van der Waals surface area contributed by atoms with Crippen LogP contribution in [0.25, 0.3) is 22.4 Å². The zero-order chi connectivity index (χ0) is 21.2. The number of aromatic nitrogens is 5. The van der Waals surface area contributed by atoms with E-state index in [0.717, 1.165) is 43.5 Å². The van der Waals surface area contributed by atoms with E-state index in [-0.39, 0.29) is 0 Å². The molecule has 1 aliphatic rings. The van der Waals surface area contributed by atoms with E-state index in [1.807, 2.05) is 30.3 Å². The first kappa shape index (κ1) is 19.8. The Kier molecular flexibility index (Phi) is 5.48. The molecular weight excluding hydrogens is 417 g/mol. The van der Waals surface area contributed by atoms with Crippen molar-refractivity contribution < 1.29 is 4.39 Å². The van der Waals surface area contributed by atoms with Crippen molar-refractivity contribution in [3.63, 3.8) is 0 Å². The molecule has 4 aromatic rings. The maximum atomic E-state index is 13.7. The quantitative estimate of drug-likeness (QED) is 0.459. The molecule has 0 unspecified atom stereocenters. The molecule has 0 bridgehead atoms. The number of H-pyrrole nitrogens is 1. The zero-order valence-electron chi connectivity index (χ0n) is 16.8. The molecular formula is C22H21ClFN7. The first-order valence-corrected chi connectivity index (χ1v) is 10.7. The van der Waals surface area contributed by atoms with Crippen molar-refractivity contribution in [2.45, 2.75) is 19.3 Å². The van der Waals surface area contributed by atoms with E-state index in [4.69, 9.17) is 16.6 Å². The average molecular weight is 438 g/mol. The molecule has 3 aromatic heterocycles. The summed E-state index contributed by atoms with van der Waals surface area (Å²) in [4.78, 5) is 15.9. The van der Waals surface area contributed by atoms with Crippen molar-refractivity contribution in [1.29, 1.82) is 0 Å². The molecule has 1 aromatic carbocycles. The Labute approximate surface area is 183 Å². The first-order chi connectivity index (χ1) is 15.2. The molecule has 9 heteroatoms. The van der Waals surface area contributed by atoms with E-state index in [1.165, 1.54) is 18.9 Å². The van der Waals surface area contributed by atoms with Crippen LogP contribution in [0.4, 0.5) is 16.0 Å². The molecule has 1 fully saturated rings. The van der Waals surface area contributed by atoms with Gasteiger partial charge in [-0.25, -0.2) is 19.3 Å². The van der Waals surface area contributed by atoms with Gasteiger partial charge in [0.15, 0.2) is 17.3 Å². The number of hydrogen-bond donors (Lipinski definition) is 2. The summed E-state index contributed by atoms with van der Waals surface area (Å²) in [7, 11) is 0. The number of hydrogen-bond acceptors (Lipinski definition) is 6. The minimum absolute atomic E-state index is 0.428. The van der Waals surface area contributed by atoms with Gasteiger partial charge in [0.25, 0.3) is 0 Å². The fourth-order valence-corrected chi connectivity index (χ4v) is 4.05. The molecule has 31 heavy (non-hydrogen) atoms. The van der Waals surface area contributed by atoms with E-state index in [9.17, 15) is 4.39 Å². The summed E-state index contributed by atoms with van der Waals surface area (Å²) in [6, 6.07) is 10.8. The molecule has 5 rings (SSSR count). The second-order valence-electron chi connectivity index (χ2n) is 7.59. The number of pyridine rings is 1. The van der Waals surface area contributed by atoms with Crippen LogP contribution in [0.1, 0.15) is 18.5 Å². The van der Waals surface area contributed by atoms with Crippen LogP contribution in [-0.4, -0.2) is 49.7 Å². The summed E-state index contributed by atoms with van der Waals surface area (Å²) in [6.45, 7) is 3.20. The van der Waals surface area contributed by atoms with Crippen LogP contribution in [0.15, 0.2) is 42.6 Å². The Morgan fingerprint density at radius 2 is 1.97 bits per heavy atom.